The molecule has 0 aliphatic heterocycles. The summed E-state index contributed by atoms with van der Waals surface area (Å²) in [7, 11) is -4.58. The number of rotatable bonds is 1. The topological polar surface area (TPSA) is 120 Å². The van der Waals surface area contributed by atoms with E-state index in [2.05, 4.69) is 9.97 Å². The van der Waals surface area contributed by atoms with Gasteiger partial charge in [-0.25, -0.2) is 0 Å². The van der Waals surface area contributed by atoms with E-state index in [0.717, 1.165) is 0 Å². The molecule has 2 heterocycles. The number of para-hydroxylation sites is 1. The molecular weight excluding hydrogens is 404 g/mol. The number of hydrogen-bond donors (Lipinski definition) is 3. The summed E-state index contributed by atoms with van der Waals surface area (Å²) in [5, 5.41) is 1.40. The molecule has 5 aromatic rings. The lowest BCUT2D eigenvalue weighted by Gasteiger charge is -2.12. The van der Waals surface area contributed by atoms with Gasteiger partial charge in [-0.3, -0.25) is 14.1 Å². The summed E-state index contributed by atoms with van der Waals surface area (Å²) >= 11 is 0. The molecule has 2 aromatic heterocycles. The van der Waals surface area contributed by atoms with Crippen LogP contribution in [-0.2, 0) is 10.1 Å². The van der Waals surface area contributed by atoms with Crippen LogP contribution in [0.4, 0.5) is 0 Å². The summed E-state index contributed by atoms with van der Waals surface area (Å²) in [5.41, 5.74) is 1.83. The van der Waals surface area contributed by atoms with Crippen LogP contribution in [0.3, 0.4) is 0 Å². The third kappa shape index (κ3) is 2.44. The highest BCUT2D eigenvalue weighted by Gasteiger charge is 2.21. The van der Waals surface area contributed by atoms with Crippen LogP contribution in [0, 0.1) is 13.8 Å². The van der Waals surface area contributed by atoms with Crippen LogP contribution in [0.15, 0.2) is 56.9 Å². The molecule has 0 spiro atoms. The maximum Gasteiger partial charge on any atom is 0.296 e. The van der Waals surface area contributed by atoms with E-state index < -0.39 is 10.1 Å². The Bertz CT molecular complexity index is 1780. The number of aromatic nitrogens is 2. The van der Waals surface area contributed by atoms with Gasteiger partial charge in [0, 0.05) is 21.7 Å². The molecule has 3 N–H and O–H groups in total. The van der Waals surface area contributed by atoms with Crippen LogP contribution in [0.1, 0.15) is 11.1 Å². The molecule has 8 heteroatoms. The minimum Gasteiger partial charge on any atom is -0.354 e. The van der Waals surface area contributed by atoms with E-state index in [4.69, 9.17) is 0 Å². The second-order valence-electron chi connectivity index (χ2n) is 7.41. The molecule has 7 nitrogen and oxygen atoms in total. The molecule has 0 saturated heterocycles. The standard InChI is InChI=1S/C22H16N2O5S/c1-10-7-8-13-19(22(10)30(27,28)29)24-18-11(2)17-16(9-14(18)20(13)25)23-15-6-4-3-5-12(15)21(17)26/h3-9H,1-2H3,(H,23,26)(H,24,25)(H,27,28,29). The van der Waals surface area contributed by atoms with E-state index in [1.165, 1.54) is 19.1 Å². The highest BCUT2D eigenvalue weighted by Crippen LogP contribution is 2.29. The molecule has 0 aliphatic carbocycles. The highest BCUT2D eigenvalue weighted by atomic mass is 32.2. The van der Waals surface area contributed by atoms with Crippen molar-refractivity contribution in [1.82, 2.24) is 9.97 Å². The SMILES string of the molecule is Cc1ccc2c(=O)c3cc4[nH]c5ccccc5c(=O)c4c(C)c3[nH]c2c1S(=O)(=O)O. The zero-order valence-electron chi connectivity index (χ0n) is 16.0. The van der Waals surface area contributed by atoms with Gasteiger partial charge in [-0.1, -0.05) is 18.2 Å². The molecular formula is C22H16N2O5S. The van der Waals surface area contributed by atoms with Gasteiger partial charge in [0.05, 0.1) is 21.9 Å². The number of nitrogens with one attached hydrogen (secondary N) is 2. The lowest BCUT2D eigenvalue weighted by molar-refractivity contribution is 0.483. The van der Waals surface area contributed by atoms with Crippen molar-refractivity contribution in [2.45, 2.75) is 18.7 Å². The molecule has 0 amide bonds. The molecule has 30 heavy (non-hydrogen) atoms. The van der Waals surface area contributed by atoms with Crippen LogP contribution in [0.5, 0.6) is 0 Å². The second-order valence-corrected chi connectivity index (χ2v) is 8.77. The van der Waals surface area contributed by atoms with E-state index in [-0.39, 0.29) is 26.7 Å². The second kappa shape index (κ2) is 6.01. The Morgan fingerprint density at radius 2 is 1.53 bits per heavy atom. The zero-order valence-corrected chi connectivity index (χ0v) is 16.8. The minimum atomic E-state index is -4.58. The third-order valence-electron chi connectivity index (χ3n) is 5.60. The molecule has 0 atom stereocenters. The third-order valence-corrected chi connectivity index (χ3v) is 6.64. The van der Waals surface area contributed by atoms with Crippen molar-refractivity contribution in [3.8, 4) is 0 Å². The number of aromatic amines is 2. The Hall–Kier alpha value is -3.49. The summed E-state index contributed by atoms with van der Waals surface area (Å²) in [6.45, 7) is 3.24. The summed E-state index contributed by atoms with van der Waals surface area (Å²) < 4.78 is 33.7. The van der Waals surface area contributed by atoms with Crippen molar-refractivity contribution in [2.24, 2.45) is 0 Å². The molecule has 0 unspecified atom stereocenters. The summed E-state index contributed by atoms with van der Waals surface area (Å²) in [4.78, 5) is 32.3. The minimum absolute atomic E-state index is 0.0228. The summed E-state index contributed by atoms with van der Waals surface area (Å²) in [6.07, 6.45) is 0. The van der Waals surface area contributed by atoms with Gasteiger partial charge in [0.15, 0.2) is 10.9 Å². The van der Waals surface area contributed by atoms with E-state index in [1.807, 2.05) is 6.07 Å². The Labute approximate surface area is 169 Å². The maximum absolute atomic E-state index is 13.2. The van der Waals surface area contributed by atoms with Crippen LogP contribution in [0.25, 0.3) is 43.6 Å². The van der Waals surface area contributed by atoms with Crippen LogP contribution < -0.4 is 10.9 Å². The van der Waals surface area contributed by atoms with Crippen molar-refractivity contribution in [1.29, 1.82) is 0 Å². The van der Waals surface area contributed by atoms with Crippen LogP contribution in [0.2, 0.25) is 0 Å². The van der Waals surface area contributed by atoms with Gasteiger partial charge in [0.25, 0.3) is 10.1 Å². The van der Waals surface area contributed by atoms with E-state index in [9.17, 15) is 22.6 Å². The summed E-state index contributed by atoms with van der Waals surface area (Å²) in [6, 6.07) is 11.7. The Balaban J connectivity index is 2.08. The van der Waals surface area contributed by atoms with Crippen LogP contribution in [-0.4, -0.2) is 22.9 Å². The van der Waals surface area contributed by atoms with Crippen LogP contribution >= 0.6 is 0 Å². The van der Waals surface area contributed by atoms with Gasteiger partial charge < -0.3 is 9.97 Å². The number of benzene rings is 3. The molecule has 5 rings (SSSR count). The Morgan fingerprint density at radius 1 is 0.800 bits per heavy atom. The Kier molecular flexibility index (Phi) is 3.71. The van der Waals surface area contributed by atoms with Gasteiger partial charge in [0.2, 0.25) is 0 Å². The summed E-state index contributed by atoms with van der Waals surface area (Å²) in [5.74, 6) is 0. The van der Waals surface area contributed by atoms with E-state index in [1.54, 1.807) is 31.2 Å². The monoisotopic (exact) mass is 420 g/mol. The maximum atomic E-state index is 13.2. The van der Waals surface area contributed by atoms with Crippen molar-refractivity contribution < 1.29 is 13.0 Å². The number of H-pyrrole nitrogens is 2. The number of pyridine rings is 2. The predicted molar refractivity (Wildman–Crippen MR) is 117 cm³/mol. The highest BCUT2D eigenvalue weighted by molar-refractivity contribution is 7.86. The first-order valence-corrected chi connectivity index (χ1v) is 10.6. The number of fused-ring (bicyclic) bond motifs is 4. The largest absolute Gasteiger partial charge is 0.354 e. The van der Waals surface area contributed by atoms with Gasteiger partial charge in [-0.15, -0.1) is 0 Å². The lowest BCUT2D eigenvalue weighted by Crippen LogP contribution is -2.12. The van der Waals surface area contributed by atoms with Crippen molar-refractivity contribution >= 4 is 53.7 Å². The normalized spacial score (nSPS) is 12.4. The van der Waals surface area contributed by atoms with Crippen molar-refractivity contribution in [3.05, 3.63) is 74.0 Å². The fourth-order valence-electron chi connectivity index (χ4n) is 4.22. The quantitative estimate of drug-likeness (QED) is 0.283. The first-order valence-electron chi connectivity index (χ1n) is 9.19. The van der Waals surface area contributed by atoms with Gasteiger partial charge in [0.1, 0.15) is 4.90 Å². The lowest BCUT2D eigenvalue weighted by atomic mass is 10.00. The molecule has 0 bridgehead atoms. The fraction of sp³-hybridized carbons (Fsp3) is 0.0909. The van der Waals surface area contributed by atoms with Gasteiger partial charge in [-0.2, -0.15) is 8.42 Å². The average Bonchev–Trinajstić information content (AvgIpc) is 2.68. The predicted octanol–water partition coefficient (Wildman–Crippen LogP) is 3.54. The number of aryl methyl sites for hydroxylation is 2. The average molecular weight is 420 g/mol. The molecule has 0 fully saturated rings. The Morgan fingerprint density at radius 3 is 2.27 bits per heavy atom. The van der Waals surface area contributed by atoms with Gasteiger partial charge >= 0.3 is 0 Å². The first-order chi connectivity index (χ1) is 14.2. The molecule has 0 aliphatic rings. The molecule has 3 aromatic carbocycles. The molecule has 0 saturated carbocycles. The fourth-order valence-corrected chi connectivity index (χ4v) is 5.12. The van der Waals surface area contributed by atoms with Crippen molar-refractivity contribution in [3.63, 3.8) is 0 Å². The van der Waals surface area contributed by atoms with Gasteiger partial charge in [-0.05, 0) is 49.2 Å². The van der Waals surface area contributed by atoms with Crippen molar-refractivity contribution in [2.75, 3.05) is 0 Å². The van der Waals surface area contributed by atoms with E-state index >= 15 is 0 Å². The number of hydrogen-bond acceptors (Lipinski definition) is 4. The molecule has 150 valence electrons. The smallest absolute Gasteiger partial charge is 0.296 e. The zero-order chi connectivity index (χ0) is 21.4. The first kappa shape index (κ1) is 18.5. The van der Waals surface area contributed by atoms with E-state index in [0.29, 0.717) is 43.8 Å². The molecule has 0 radical (unpaired) electrons.